The Hall–Kier alpha value is -1.55. The molecule has 94 valence electrons. The van der Waals surface area contributed by atoms with E-state index in [1.807, 2.05) is 20.8 Å². The summed E-state index contributed by atoms with van der Waals surface area (Å²) in [5, 5.41) is 0. The maximum absolute atomic E-state index is 10.7. The quantitative estimate of drug-likeness (QED) is 0.541. The van der Waals surface area contributed by atoms with Gasteiger partial charge >= 0.3 is 0 Å². The van der Waals surface area contributed by atoms with E-state index in [9.17, 15) is 4.79 Å². The van der Waals surface area contributed by atoms with Crippen molar-refractivity contribution in [3.05, 3.63) is 23.8 Å². The van der Waals surface area contributed by atoms with Gasteiger partial charge in [0, 0.05) is 12.2 Å². The summed E-state index contributed by atoms with van der Waals surface area (Å²) in [4.78, 5) is 10.7. The minimum absolute atomic E-state index is 0.346. The lowest BCUT2D eigenvalue weighted by Crippen LogP contribution is -2.16. The van der Waals surface area contributed by atoms with Gasteiger partial charge in [-0.25, -0.2) is 0 Å². The lowest BCUT2D eigenvalue weighted by Gasteiger charge is -2.17. The fourth-order valence-electron chi connectivity index (χ4n) is 1.41. The van der Waals surface area contributed by atoms with Crippen LogP contribution in [0.4, 0.5) is 0 Å². The van der Waals surface area contributed by atoms with Crippen LogP contribution in [0.5, 0.6) is 11.5 Å². The zero-order valence-electron chi connectivity index (χ0n) is 10.4. The SMILES string of the molecule is CCOc1cc(C=O)ccc1OC(C)OCC. The van der Waals surface area contributed by atoms with Gasteiger partial charge in [0.15, 0.2) is 17.8 Å². The van der Waals surface area contributed by atoms with E-state index in [-0.39, 0.29) is 6.29 Å². The van der Waals surface area contributed by atoms with Crippen LogP contribution >= 0.6 is 0 Å². The first-order chi connectivity index (χ1) is 8.21. The van der Waals surface area contributed by atoms with Crippen molar-refractivity contribution in [3.8, 4) is 11.5 Å². The Morgan fingerprint density at radius 1 is 1.24 bits per heavy atom. The minimum Gasteiger partial charge on any atom is -0.490 e. The van der Waals surface area contributed by atoms with Crippen LogP contribution in [0.1, 0.15) is 31.1 Å². The second-order valence-electron chi connectivity index (χ2n) is 3.40. The first kappa shape index (κ1) is 13.5. The molecule has 1 unspecified atom stereocenters. The number of hydrogen-bond donors (Lipinski definition) is 0. The number of benzene rings is 1. The highest BCUT2D eigenvalue weighted by atomic mass is 16.7. The van der Waals surface area contributed by atoms with Crippen molar-refractivity contribution >= 4 is 6.29 Å². The largest absolute Gasteiger partial charge is 0.490 e. The summed E-state index contributed by atoms with van der Waals surface area (Å²) in [6, 6.07) is 5.05. The Balaban J connectivity index is 2.85. The van der Waals surface area contributed by atoms with E-state index in [1.165, 1.54) is 0 Å². The van der Waals surface area contributed by atoms with Gasteiger partial charge < -0.3 is 14.2 Å². The molecule has 0 aromatic heterocycles. The van der Waals surface area contributed by atoms with Crippen LogP contribution in [-0.4, -0.2) is 25.8 Å². The van der Waals surface area contributed by atoms with Gasteiger partial charge in [-0.3, -0.25) is 4.79 Å². The molecule has 17 heavy (non-hydrogen) atoms. The summed E-state index contributed by atoms with van der Waals surface area (Å²) < 4.78 is 16.3. The van der Waals surface area contributed by atoms with Crippen molar-refractivity contribution in [2.75, 3.05) is 13.2 Å². The molecule has 1 aromatic rings. The highest BCUT2D eigenvalue weighted by molar-refractivity contribution is 5.76. The number of rotatable bonds is 7. The average Bonchev–Trinajstić information content (AvgIpc) is 2.32. The molecule has 0 N–H and O–H groups in total. The molecule has 0 bridgehead atoms. The smallest absolute Gasteiger partial charge is 0.197 e. The van der Waals surface area contributed by atoms with E-state index >= 15 is 0 Å². The predicted octanol–water partition coefficient (Wildman–Crippen LogP) is 2.66. The molecule has 0 saturated heterocycles. The van der Waals surface area contributed by atoms with E-state index in [0.717, 1.165) is 6.29 Å². The van der Waals surface area contributed by atoms with Crippen LogP contribution in [0, 0.1) is 0 Å². The fraction of sp³-hybridized carbons (Fsp3) is 0.462. The maximum Gasteiger partial charge on any atom is 0.197 e. The molecule has 0 saturated carbocycles. The summed E-state index contributed by atoms with van der Waals surface area (Å²) >= 11 is 0. The lowest BCUT2D eigenvalue weighted by atomic mass is 10.2. The van der Waals surface area contributed by atoms with E-state index in [4.69, 9.17) is 14.2 Å². The number of hydrogen-bond acceptors (Lipinski definition) is 4. The van der Waals surface area contributed by atoms with Gasteiger partial charge in [0.1, 0.15) is 6.29 Å². The molecule has 1 atom stereocenters. The van der Waals surface area contributed by atoms with Gasteiger partial charge in [0.2, 0.25) is 0 Å². The standard InChI is InChI=1S/C13H18O4/c1-4-15-10(3)17-12-7-6-11(9-14)8-13(12)16-5-2/h6-10H,4-5H2,1-3H3. The molecule has 4 heteroatoms. The molecule has 0 aliphatic carbocycles. The van der Waals surface area contributed by atoms with Crippen molar-refractivity contribution in [1.29, 1.82) is 0 Å². The third-order valence-electron chi connectivity index (χ3n) is 2.10. The van der Waals surface area contributed by atoms with E-state index in [2.05, 4.69) is 0 Å². The van der Waals surface area contributed by atoms with Crippen LogP contribution in [0.2, 0.25) is 0 Å². The van der Waals surface area contributed by atoms with Crippen molar-refractivity contribution in [2.45, 2.75) is 27.1 Å². The molecule has 4 nitrogen and oxygen atoms in total. The third-order valence-corrected chi connectivity index (χ3v) is 2.10. The van der Waals surface area contributed by atoms with Crippen LogP contribution < -0.4 is 9.47 Å². The lowest BCUT2D eigenvalue weighted by molar-refractivity contribution is -0.0625. The van der Waals surface area contributed by atoms with E-state index in [1.54, 1.807) is 18.2 Å². The first-order valence-electron chi connectivity index (χ1n) is 5.71. The van der Waals surface area contributed by atoms with Gasteiger partial charge in [-0.2, -0.15) is 0 Å². The van der Waals surface area contributed by atoms with Crippen LogP contribution in [-0.2, 0) is 4.74 Å². The first-order valence-corrected chi connectivity index (χ1v) is 5.71. The molecule has 1 aromatic carbocycles. The van der Waals surface area contributed by atoms with Crippen molar-refractivity contribution in [3.63, 3.8) is 0 Å². The molecule has 0 amide bonds. The normalized spacial score (nSPS) is 11.9. The molecular weight excluding hydrogens is 220 g/mol. The van der Waals surface area contributed by atoms with Gasteiger partial charge in [-0.1, -0.05) is 0 Å². The highest BCUT2D eigenvalue weighted by Crippen LogP contribution is 2.29. The second-order valence-corrected chi connectivity index (χ2v) is 3.40. The van der Waals surface area contributed by atoms with Crippen molar-refractivity contribution < 1.29 is 19.0 Å². The van der Waals surface area contributed by atoms with Crippen molar-refractivity contribution in [2.24, 2.45) is 0 Å². The number of carbonyl (C=O) groups excluding carboxylic acids is 1. The molecule has 1 rings (SSSR count). The average molecular weight is 238 g/mol. The minimum atomic E-state index is -0.346. The summed E-state index contributed by atoms with van der Waals surface area (Å²) in [6.45, 7) is 6.69. The number of ether oxygens (including phenoxy) is 3. The number of carbonyl (C=O) groups is 1. The predicted molar refractivity (Wildman–Crippen MR) is 64.7 cm³/mol. The van der Waals surface area contributed by atoms with Crippen LogP contribution in [0.15, 0.2) is 18.2 Å². The Morgan fingerprint density at radius 2 is 2.00 bits per heavy atom. The molecule has 0 heterocycles. The van der Waals surface area contributed by atoms with Gasteiger partial charge in [-0.15, -0.1) is 0 Å². The van der Waals surface area contributed by atoms with E-state index in [0.29, 0.717) is 30.3 Å². The third kappa shape index (κ3) is 4.07. The highest BCUT2D eigenvalue weighted by Gasteiger charge is 2.10. The maximum atomic E-state index is 10.7. The summed E-state index contributed by atoms with van der Waals surface area (Å²) in [5.74, 6) is 1.14. The fourth-order valence-corrected chi connectivity index (χ4v) is 1.41. The second kappa shape index (κ2) is 6.91. The van der Waals surface area contributed by atoms with Crippen LogP contribution in [0.3, 0.4) is 0 Å². The summed E-state index contributed by atoms with van der Waals surface area (Å²) in [5.41, 5.74) is 0.560. The zero-order chi connectivity index (χ0) is 12.7. The van der Waals surface area contributed by atoms with Crippen molar-refractivity contribution in [1.82, 2.24) is 0 Å². The molecule has 0 fully saturated rings. The number of aldehydes is 1. The Kier molecular flexibility index (Phi) is 5.49. The molecule has 0 spiro atoms. The van der Waals surface area contributed by atoms with Gasteiger partial charge in [0.25, 0.3) is 0 Å². The Morgan fingerprint density at radius 3 is 2.59 bits per heavy atom. The monoisotopic (exact) mass is 238 g/mol. The van der Waals surface area contributed by atoms with Gasteiger partial charge in [0.05, 0.1) is 6.61 Å². The summed E-state index contributed by atoms with van der Waals surface area (Å²) in [7, 11) is 0. The van der Waals surface area contributed by atoms with E-state index < -0.39 is 0 Å². The Labute approximate surface area is 101 Å². The zero-order valence-corrected chi connectivity index (χ0v) is 10.4. The molecule has 0 aliphatic rings. The summed E-state index contributed by atoms with van der Waals surface area (Å²) in [6.07, 6.45) is 0.430. The topological polar surface area (TPSA) is 44.8 Å². The van der Waals surface area contributed by atoms with Crippen LogP contribution in [0.25, 0.3) is 0 Å². The van der Waals surface area contributed by atoms with Gasteiger partial charge in [-0.05, 0) is 39.0 Å². The molecular formula is C13H18O4. The Bertz CT molecular complexity index is 362. The molecule has 0 aliphatic heterocycles. The molecule has 0 radical (unpaired) electrons.